The SMILES string of the molecule is CNCc1c(-c2ccc(F)c(C)c2)cnn1C. The van der Waals surface area contributed by atoms with Crippen molar-refractivity contribution in [2.24, 2.45) is 7.05 Å². The quantitative estimate of drug-likeness (QED) is 0.881. The fourth-order valence-electron chi connectivity index (χ4n) is 1.89. The van der Waals surface area contributed by atoms with E-state index in [9.17, 15) is 4.39 Å². The van der Waals surface area contributed by atoms with E-state index in [2.05, 4.69) is 10.4 Å². The molecule has 0 fully saturated rings. The molecule has 1 heterocycles. The van der Waals surface area contributed by atoms with E-state index in [1.165, 1.54) is 6.07 Å². The van der Waals surface area contributed by atoms with E-state index in [1.54, 1.807) is 13.0 Å². The lowest BCUT2D eigenvalue weighted by atomic mass is 10.0. The molecule has 0 unspecified atom stereocenters. The van der Waals surface area contributed by atoms with Gasteiger partial charge in [-0.3, -0.25) is 4.68 Å². The van der Waals surface area contributed by atoms with Gasteiger partial charge in [-0.2, -0.15) is 5.10 Å². The summed E-state index contributed by atoms with van der Waals surface area (Å²) in [7, 11) is 3.80. The van der Waals surface area contributed by atoms with Gasteiger partial charge in [-0.05, 0) is 37.2 Å². The summed E-state index contributed by atoms with van der Waals surface area (Å²) in [5, 5.41) is 7.36. The number of hydrogen-bond donors (Lipinski definition) is 1. The summed E-state index contributed by atoms with van der Waals surface area (Å²) in [6.45, 7) is 2.51. The van der Waals surface area contributed by atoms with Gasteiger partial charge in [0.2, 0.25) is 0 Å². The fraction of sp³-hybridized carbons (Fsp3) is 0.308. The Morgan fingerprint density at radius 3 is 2.82 bits per heavy atom. The van der Waals surface area contributed by atoms with Crippen LogP contribution in [0.25, 0.3) is 11.1 Å². The van der Waals surface area contributed by atoms with Crippen LogP contribution in [0.15, 0.2) is 24.4 Å². The molecule has 0 atom stereocenters. The highest BCUT2D eigenvalue weighted by Crippen LogP contribution is 2.25. The van der Waals surface area contributed by atoms with Crippen molar-refractivity contribution in [3.63, 3.8) is 0 Å². The van der Waals surface area contributed by atoms with E-state index in [4.69, 9.17) is 0 Å². The van der Waals surface area contributed by atoms with Crippen LogP contribution in [0.1, 0.15) is 11.3 Å². The molecule has 90 valence electrons. The Kier molecular flexibility index (Phi) is 3.24. The Balaban J connectivity index is 2.48. The predicted molar refractivity (Wildman–Crippen MR) is 66.1 cm³/mol. The van der Waals surface area contributed by atoms with Crippen LogP contribution in [0.4, 0.5) is 4.39 Å². The lowest BCUT2D eigenvalue weighted by molar-refractivity contribution is 0.618. The van der Waals surface area contributed by atoms with Crippen LogP contribution in [0, 0.1) is 12.7 Å². The molecule has 2 aromatic rings. The molecule has 0 bridgehead atoms. The molecule has 0 aliphatic rings. The lowest BCUT2D eigenvalue weighted by Gasteiger charge is -2.06. The van der Waals surface area contributed by atoms with Crippen molar-refractivity contribution < 1.29 is 4.39 Å². The second-order valence-electron chi connectivity index (χ2n) is 4.12. The number of benzene rings is 1. The van der Waals surface area contributed by atoms with Gasteiger partial charge in [0.05, 0.1) is 11.9 Å². The predicted octanol–water partition coefficient (Wildman–Crippen LogP) is 2.25. The minimum Gasteiger partial charge on any atom is -0.314 e. The van der Waals surface area contributed by atoms with Gasteiger partial charge in [0.1, 0.15) is 5.82 Å². The van der Waals surface area contributed by atoms with Gasteiger partial charge >= 0.3 is 0 Å². The Morgan fingerprint density at radius 1 is 1.41 bits per heavy atom. The van der Waals surface area contributed by atoms with Crippen molar-refractivity contribution in [1.29, 1.82) is 0 Å². The van der Waals surface area contributed by atoms with Crippen LogP contribution in [-0.4, -0.2) is 16.8 Å². The summed E-state index contributed by atoms with van der Waals surface area (Å²) in [4.78, 5) is 0. The summed E-state index contributed by atoms with van der Waals surface area (Å²) in [5.41, 5.74) is 3.80. The molecular weight excluding hydrogens is 217 g/mol. The molecule has 0 radical (unpaired) electrons. The highest BCUT2D eigenvalue weighted by atomic mass is 19.1. The highest BCUT2D eigenvalue weighted by molar-refractivity contribution is 5.66. The maximum Gasteiger partial charge on any atom is 0.126 e. The summed E-state index contributed by atoms with van der Waals surface area (Å²) in [5.74, 6) is -0.173. The number of hydrogen-bond acceptors (Lipinski definition) is 2. The Labute approximate surface area is 100 Å². The van der Waals surface area contributed by atoms with E-state index >= 15 is 0 Å². The van der Waals surface area contributed by atoms with Crippen molar-refractivity contribution in [2.75, 3.05) is 7.05 Å². The van der Waals surface area contributed by atoms with Gasteiger partial charge in [-0.15, -0.1) is 0 Å². The molecular formula is C13H16FN3. The Bertz CT molecular complexity index is 531. The first-order valence-electron chi connectivity index (χ1n) is 5.55. The number of aryl methyl sites for hydroxylation is 2. The zero-order valence-electron chi connectivity index (χ0n) is 10.3. The summed E-state index contributed by atoms with van der Waals surface area (Å²) < 4.78 is 15.1. The first kappa shape index (κ1) is 11.8. The van der Waals surface area contributed by atoms with Crippen LogP contribution in [0.5, 0.6) is 0 Å². The van der Waals surface area contributed by atoms with Crippen LogP contribution in [-0.2, 0) is 13.6 Å². The molecule has 3 nitrogen and oxygen atoms in total. The molecule has 0 amide bonds. The van der Waals surface area contributed by atoms with Gasteiger partial charge in [0.15, 0.2) is 0 Å². The van der Waals surface area contributed by atoms with Crippen molar-refractivity contribution in [1.82, 2.24) is 15.1 Å². The minimum atomic E-state index is -0.173. The number of nitrogens with one attached hydrogen (secondary N) is 1. The van der Waals surface area contributed by atoms with Crippen molar-refractivity contribution in [3.8, 4) is 11.1 Å². The molecule has 0 aliphatic heterocycles. The summed E-state index contributed by atoms with van der Waals surface area (Å²) in [6, 6.07) is 5.14. The Hall–Kier alpha value is -1.68. The molecule has 0 saturated heterocycles. The van der Waals surface area contributed by atoms with Crippen LogP contribution in [0.2, 0.25) is 0 Å². The molecule has 2 rings (SSSR count). The summed E-state index contributed by atoms with van der Waals surface area (Å²) in [6.07, 6.45) is 1.82. The fourth-order valence-corrected chi connectivity index (χ4v) is 1.89. The van der Waals surface area contributed by atoms with Crippen molar-refractivity contribution >= 4 is 0 Å². The molecule has 1 aromatic heterocycles. The molecule has 0 aliphatic carbocycles. The number of nitrogens with zero attached hydrogens (tertiary/aromatic N) is 2. The van der Waals surface area contributed by atoms with Gasteiger partial charge in [-0.25, -0.2) is 4.39 Å². The third-order valence-corrected chi connectivity index (χ3v) is 2.87. The van der Waals surface area contributed by atoms with Crippen LogP contribution >= 0.6 is 0 Å². The van der Waals surface area contributed by atoms with Gasteiger partial charge in [-0.1, -0.05) is 6.07 Å². The molecule has 0 spiro atoms. The summed E-state index contributed by atoms with van der Waals surface area (Å²) >= 11 is 0. The first-order chi connectivity index (χ1) is 8.13. The van der Waals surface area contributed by atoms with E-state index < -0.39 is 0 Å². The third-order valence-electron chi connectivity index (χ3n) is 2.87. The zero-order valence-corrected chi connectivity index (χ0v) is 10.3. The van der Waals surface area contributed by atoms with Gasteiger partial charge in [0.25, 0.3) is 0 Å². The average Bonchev–Trinajstić information content (AvgIpc) is 2.66. The van der Waals surface area contributed by atoms with Gasteiger partial charge in [0, 0.05) is 19.2 Å². The first-order valence-corrected chi connectivity index (χ1v) is 5.55. The maximum absolute atomic E-state index is 13.2. The van der Waals surface area contributed by atoms with E-state index in [1.807, 2.05) is 31.0 Å². The zero-order chi connectivity index (χ0) is 12.4. The van der Waals surface area contributed by atoms with E-state index in [-0.39, 0.29) is 5.82 Å². The second-order valence-corrected chi connectivity index (χ2v) is 4.12. The number of halogens is 1. The van der Waals surface area contributed by atoms with Crippen molar-refractivity contribution in [2.45, 2.75) is 13.5 Å². The van der Waals surface area contributed by atoms with Crippen LogP contribution in [0.3, 0.4) is 0 Å². The van der Waals surface area contributed by atoms with E-state index in [0.717, 1.165) is 23.4 Å². The smallest absolute Gasteiger partial charge is 0.126 e. The molecule has 0 saturated carbocycles. The molecule has 1 N–H and O–H groups in total. The van der Waals surface area contributed by atoms with E-state index in [0.29, 0.717) is 5.56 Å². The molecule has 17 heavy (non-hydrogen) atoms. The monoisotopic (exact) mass is 233 g/mol. The third kappa shape index (κ3) is 2.22. The number of aromatic nitrogens is 2. The Morgan fingerprint density at radius 2 is 2.18 bits per heavy atom. The highest BCUT2D eigenvalue weighted by Gasteiger charge is 2.10. The average molecular weight is 233 g/mol. The van der Waals surface area contributed by atoms with Crippen molar-refractivity contribution in [3.05, 3.63) is 41.5 Å². The number of rotatable bonds is 3. The normalized spacial score (nSPS) is 10.8. The minimum absolute atomic E-state index is 0.173. The molecule has 1 aromatic carbocycles. The molecule has 4 heteroatoms. The maximum atomic E-state index is 13.2. The largest absolute Gasteiger partial charge is 0.314 e. The topological polar surface area (TPSA) is 29.9 Å². The van der Waals surface area contributed by atoms with Gasteiger partial charge < -0.3 is 5.32 Å². The lowest BCUT2D eigenvalue weighted by Crippen LogP contribution is -2.10. The van der Waals surface area contributed by atoms with Crippen LogP contribution < -0.4 is 5.32 Å². The standard InChI is InChI=1S/C13H16FN3/c1-9-6-10(4-5-12(9)14)11-7-16-17(3)13(11)8-15-2/h4-7,15H,8H2,1-3H3. The second kappa shape index (κ2) is 4.67.